The zero-order valence-electron chi connectivity index (χ0n) is 9.92. The molecule has 1 fully saturated rings. The van der Waals surface area contributed by atoms with Gasteiger partial charge in [0.1, 0.15) is 5.82 Å². The van der Waals surface area contributed by atoms with Crippen LogP contribution in [0.25, 0.3) is 0 Å². The van der Waals surface area contributed by atoms with Crippen LogP contribution in [-0.4, -0.2) is 18.5 Å². The van der Waals surface area contributed by atoms with Crippen LogP contribution in [0.5, 0.6) is 0 Å². The second-order valence-corrected chi connectivity index (χ2v) is 4.48. The Labute approximate surface area is 100 Å². The van der Waals surface area contributed by atoms with E-state index in [1.807, 2.05) is 6.07 Å². The minimum absolute atomic E-state index is 0.0626. The Bertz CT molecular complexity index is 416. The lowest BCUT2D eigenvalue weighted by Gasteiger charge is -2.07. The van der Waals surface area contributed by atoms with Crippen molar-refractivity contribution in [3.8, 4) is 0 Å². The maximum absolute atomic E-state index is 13.2. The Kier molecular flexibility index (Phi) is 3.61. The number of rotatable bonds is 5. The predicted octanol–water partition coefficient (Wildman–Crippen LogP) is 2.21. The molecular weight excluding hydrogens is 219 g/mol. The molecule has 0 atom stereocenters. The molecule has 92 valence electrons. The van der Waals surface area contributed by atoms with Gasteiger partial charge in [-0.15, -0.1) is 0 Å². The second kappa shape index (κ2) is 5.17. The molecule has 1 aliphatic rings. The van der Waals surface area contributed by atoms with Crippen molar-refractivity contribution in [2.45, 2.75) is 32.2 Å². The Morgan fingerprint density at radius 3 is 2.88 bits per heavy atom. The van der Waals surface area contributed by atoms with E-state index in [2.05, 4.69) is 10.6 Å². The lowest BCUT2D eigenvalue weighted by molar-refractivity contribution is -0.120. The number of benzene rings is 1. The Morgan fingerprint density at radius 1 is 1.47 bits per heavy atom. The zero-order chi connectivity index (χ0) is 12.3. The fourth-order valence-corrected chi connectivity index (χ4v) is 1.55. The molecule has 1 saturated carbocycles. The minimum Gasteiger partial charge on any atom is -0.384 e. The molecule has 0 aromatic heterocycles. The minimum atomic E-state index is -0.225. The first-order valence-electron chi connectivity index (χ1n) is 5.94. The van der Waals surface area contributed by atoms with Gasteiger partial charge in [0.05, 0.1) is 0 Å². The van der Waals surface area contributed by atoms with E-state index in [9.17, 15) is 9.18 Å². The van der Waals surface area contributed by atoms with E-state index >= 15 is 0 Å². The van der Waals surface area contributed by atoms with Crippen LogP contribution in [0.2, 0.25) is 0 Å². The van der Waals surface area contributed by atoms with E-state index < -0.39 is 0 Å². The molecule has 1 aliphatic carbocycles. The average molecular weight is 236 g/mol. The maximum Gasteiger partial charge on any atom is 0.221 e. The number of amides is 1. The van der Waals surface area contributed by atoms with Crippen LogP contribution < -0.4 is 10.6 Å². The van der Waals surface area contributed by atoms with Crippen molar-refractivity contribution < 1.29 is 9.18 Å². The van der Waals surface area contributed by atoms with E-state index in [4.69, 9.17) is 0 Å². The SMILES string of the molecule is Cc1ccc(NCCC(=O)NC2CC2)cc1F. The van der Waals surface area contributed by atoms with Crippen molar-refractivity contribution in [3.05, 3.63) is 29.6 Å². The Balaban J connectivity index is 1.73. The van der Waals surface area contributed by atoms with E-state index in [1.54, 1.807) is 13.0 Å². The largest absolute Gasteiger partial charge is 0.384 e. The highest BCUT2D eigenvalue weighted by Crippen LogP contribution is 2.18. The number of hydrogen-bond donors (Lipinski definition) is 2. The molecule has 0 bridgehead atoms. The van der Waals surface area contributed by atoms with E-state index in [0.717, 1.165) is 12.8 Å². The summed E-state index contributed by atoms with van der Waals surface area (Å²) < 4.78 is 13.2. The van der Waals surface area contributed by atoms with Gasteiger partial charge in [0, 0.05) is 24.7 Å². The molecule has 0 heterocycles. The average Bonchev–Trinajstić information content (AvgIpc) is 3.07. The number of hydrogen-bond acceptors (Lipinski definition) is 2. The van der Waals surface area contributed by atoms with Crippen molar-refractivity contribution in [1.82, 2.24) is 5.32 Å². The summed E-state index contributed by atoms with van der Waals surface area (Å²) >= 11 is 0. The Hall–Kier alpha value is -1.58. The molecule has 0 aliphatic heterocycles. The molecule has 0 spiro atoms. The quantitative estimate of drug-likeness (QED) is 0.823. The third kappa shape index (κ3) is 3.73. The van der Waals surface area contributed by atoms with E-state index in [-0.39, 0.29) is 11.7 Å². The van der Waals surface area contributed by atoms with Gasteiger partial charge in [-0.2, -0.15) is 0 Å². The lowest BCUT2D eigenvalue weighted by atomic mass is 10.2. The summed E-state index contributed by atoms with van der Waals surface area (Å²) in [6.07, 6.45) is 2.62. The van der Waals surface area contributed by atoms with Gasteiger partial charge in [-0.3, -0.25) is 4.79 Å². The third-order valence-electron chi connectivity index (χ3n) is 2.80. The molecule has 1 aromatic carbocycles. The van der Waals surface area contributed by atoms with Crippen LogP contribution in [-0.2, 0) is 4.79 Å². The summed E-state index contributed by atoms with van der Waals surface area (Å²) in [5.74, 6) is -0.162. The summed E-state index contributed by atoms with van der Waals surface area (Å²) in [5, 5.41) is 5.94. The summed E-state index contributed by atoms with van der Waals surface area (Å²) in [4.78, 5) is 11.4. The first-order chi connectivity index (χ1) is 8.15. The number of halogens is 1. The molecule has 1 amide bonds. The molecule has 0 saturated heterocycles. The van der Waals surface area contributed by atoms with Gasteiger partial charge < -0.3 is 10.6 Å². The molecule has 1 aromatic rings. The smallest absolute Gasteiger partial charge is 0.221 e. The number of carbonyl (C=O) groups excluding carboxylic acids is 1. The zero-order valence-corrected chi connectivity index (χ0v) is 9.92. The van der Waals surface area contributed by atoms with Gasteiger partial charge >= 0.3 is 0 Å². The van der Waals surface area contributed by atoms with Gasteiger partial charge in [0.2, 0.25) is 5.91 Å². The van der Waals surface area contributed by atoms with Crippen LogP contribution in [0.1, 0.15) is 24.8 Å². The van der Waals surface area contributed by atoms with Crippen molar-refractivity contribution in [1.29, 1.82) is 0 Å². The Morgan fingerprint density at radius 2 is 2.24 bits per heavy atom. The molecule has 3 nitrogen and oxygen atoms in total. The van der Waals surface area contributed by atoms with E-state index in [0.29, 0.717) is 30.3 Å². The van der Waals surface area contributed by atoms with Crippen LogP contribution in [0.3, 0.4) is 0 Å². The van der Waals surface area contributed by atoms with E-state index in [1.165, 1.54) is 6.07 Å². The van der Waals surface area contributed by atoms with Crippen LogP contribution in [0, 0.1) is 12.7 Å². The summed E-state index contributed by atoms with van der Waals surface area (Å²) in [6, 6.07) is 5.40. The molecular formula is C13H17FN2O. The van der Waals surface area contributed by atoms with Crippen LogP contribution >= 0.6 is 0 Å². The maximum atomic E-state index is 13.2. The molecule has 0 radical (unpaired) electrons. The highest BCUT2D eigenvalue weighted by molar-refractivity contribution is 5.77. The van der Waals surface area contributed by atoms with Crippen molar-refractivity contribution >= 4 is 11.6 Å². The number of nitrogens with one attached hydrogen (secondary N) is 2. The summed E-state index contributed by atoms with van der Waals surface area (Å²) in [5.41, 5.74) is 1.34. The summed E-state index contributed by atoms with van der Waals surface area (Å²) in [7, 11) is 0. The summed E-state index contributed by atoms with van der Waals surface area (Å²) in [6.45, 7) is 2.25. The fourth-order valence-electron chi connectivity index (χ4n) is 1.55. The monoisotopic (exact) mass is 236 g/mol. The highest BCUT2D eigenvalue weighted by Gasteiger charge is 2.22. The van der Waals surface area contributed by atoms with Crippen LogP contribution in [0.4, 0.5) is 10.1 Å². The van der Waals surface area contributed by atoms with Crippen molar-refractivity contribution in [3.63, 3.8) is 0 Å². The molecule has 0 unspecified atom stereocenters. The topological polar surface area (TPSA) is 41.1 Å². The lowest BCUT2D eigenvalue weighted by Crippen LogP contribution is -2.27. The number of carbonyl (C=O) groups is 1. The van der Waals surface area contributed by atoms with Crippen molar-refractivity contribution in [2.75, 3.05) is 11.9 Å². The predicted molar refractivity (Wildman–Crippen MR) is 65.4 cm³/mol. The molecule has 2 rings (SSSR count). The third-order valence-corrected chi connectivity index (χ3v) is 2.80. The first-order valence-corrected chi connectivity index (χ1v) is 5.94. The highest BCUT2D eigenvalue weighted by atomic mass is 19.1. The van der Waals surface area contributed by atoms with Gasteiger partial charge in [0.25, 0.3) is 0 Å². The standard InChI is InChI=1S/C13H17FN2O/c1-9-2-3-11(8-12(9)14)15-7-6-13(17)16-10-4-5-10/h2-3,8,10,15H,4-7H2,1H3,(H,16,17). The van der Waals surface area contributed by atoms with Gasteiger partial charge in [-0.25, -0.2) is 4.39 Å². The van der Waals surface area contributed by atoms with Crippen LogP contribution in [0.15, 0.2) is 18.2 Å². The number of aryl methyl sites for hydroxylation is 1. The normalized spacial score (nSPS) is 14.5. The fraction of sp³-hybridized carbons (Fsp3) is 0.462. The number of anilines is 1. The molecule has 2 N–H and O–H groups in total. The second-order valence-electron chi connectivity index (χ2n) is 4.48. The van der Waals surface area contributed by atoms with Gasteiger partial charge in [-0.05, 0) is 37.5 Å². The molecule has 4 heteroatoms. The molecule has 17 heavy (non-hydrogen) atoms. The van der Waals surface area contributed by atoms with Gasteiger partial charge in [-0.1, -0.05) is 6.07 Å². The van der Waals surface area contributed by atoms with Crippen molar-refractivity contribution in [2.24, 2.45) is 0 Å². The first kappa shape index (κ1) is 11.9. The van der Waals surface area contributed by atoms with Gasteiger partial charge in [0.15, 0.2) is 0 Å².